The zero-order valence-corrected chi connectivity index (χ0v) is 7.04. The highest BCUT2D eigenvalue weighted by atomic mass is 19.4. The number of nitrogens with zero attached hydrogens (tertiary/aromatic N) is 2. The Morgan fingerprint density at radius 3 is 2.57 bits per heavy atom. The highest BCUT2D eigenvalue weighted by Crippen LogP contribution is 2.14. The van der Waals surface area contributed by atoms with Crippen molar-refractivity contribution in [1.29, 1.82) is 0 Å². The van der Waals surface area contributed by atoms with Gasteiger partial charge in [-0.2, -0.15) is 13.2 Å². The molecule has 8 heteroatoms. The molecular formula is C6H8F3N3O2. The van der Waals surface area contributed by atoms with Crippen molar-refractivity contribution >= 4 is 6.01 Å². The van der Waals surface area contributed by atoms with E-state index in [1.165, 1.54) is 0 Å². The van der Waals surface area contributed by atoms with Gasteiger partial charge in [0.05, 0.1) is 6.61 Å². The molecular weight excluding hydrogens is 203 g/mol. The van der Waals surface area contributed by atoms with E-state index in [4.69, 9.17) is 10.2 Å². The van der Waals surface area contributed by atoms with Crippen LogP contribution < -0.4 is 5.73 Å². The second-order valence-corrected chi connectivity index (χ2v) is 2.45. The third-order valence-electron chi connectivity index (χ3n) is 1.21. The van der Waals surface area contributed by atoms with Crippen LogP contribution in [0.3, 0.4) is 0 Å². The van der Waals surface area contributed by atoms with Gasteiger partial charge in [0.1, 0.15) is 6.61 Å². The molecule has 0 saturated heterocycles. The van der Waals surface area contributed by atoms with Gasteiger partial charge in [-0.1, -0.05) is 5.10 Å². The van der Waals surface area contributed by atoms with Crippen molar-refractivity contribution < 1.29 is 22.3 Å². The van der Waals surface area contributed by atoms with Crippen molar-refractivity contribution in [1.82, 2.24) is 10.2 Å². The number of hydrogen-bond donors (Lipinski definition) is 1. The number of halogens is 3. The minimum absolute atomic E-state index is 0.111. The molecule has 0 aliphatic carbocycles. The Morgan fingerprint density at radius 2 is 2.07 bits per heavy atom. The van der Waals surface area contributed by atoms with Crippen LogP contribution in [-0.2, 0) is 11.2 Å². The first-order valence-corrected chi connectivity index (χ1v) is 3.70. The molecule has 0 saturated carbocycles. The van der Waals surface area contributed by atoms with E-state index in [1.54, 1.807) is 0 Å². The van der Waals surface area contributed by atoms with Crippen molar-refractivity contribution in [2.75, 3.05) is 18.9 Å². The molecule has 1 heterocycles. The van der Waals surface area contributed by atoms with Crippen molar-refractivity contribution in [2.45, 2.75) is 12.6 Å². The maximum atomic E-state index is 11.6. The van der Waals surface area contributed by atoms with Crippen molar-refractivity contribution in [2.24, 2.45) is 0 Å². The predicted octanol–water partition coefficient (Wildman–Crippen LogP) is 0.773. The second-order valence-electron chi connectivity index (χ2n) is 2.45. The molecule has 0 bridgehead atoms. The Hall–Kier alpha value is -1.31. The van der Waals surface area contributed by atoms with E-state index in [2.05, 4.69) is 14.9 Å². The van der Waals surface area contributed by atoms with Crippen LogP contribution in [0.4, 0.5) is 19.2 Å². The molecule has 0 atom stereocenters. The minimum Gasteiger partial charge on any atom is -0.408 e. The number of nitrogens with two attached hydrogens (primary N) is 1. The van der Waals surface area contributed by atoms with Gasteiger partial charge in [0, 0.05) is 6.42 Å². The third kappa shape index (κ3) is 4.08. The van der Waals surface area contributed by atoms with E-state index < -0.39 is 12.8 Å². The summed E-state index contributed by atoms with van der Waals surface area (Å²) in [5, 5.41) is 6.77. The first-order chi connectivity index (χ1) is 6.47. The zero-order valence-electron chi connectivity index (χ0n) is 7.04. The van der Waals surface area contributed by atoms with Gasteiger partial charge < -0.3 is 14.9 Å². The molecule has 0 aromatic carbocycles. The smallest absolute Gasteiger partial charge is 0.408 e. The van der Waals surface area contributed by atoms with E-state index in [-0.39, 0.29) is 24.9 Å². The monoisotopic (exact) mass is 211 g/mol. The SMILES string of the molecule is Nc1nnc(CCOCC(F)(F)F)o1. The van der Waals surface area contributed by atoms with Gasteiger partial charge in [-0.25, -0.2) is 0 Å². The summed E-state index contributed by atoms with van der Waals surface area (Å²) in [5.41, 5.74) is 5.09. The normalized spacial score (nSPS) is 11.9. The zero-order chi connectivity index (χ0) is 10.6. The second kappa shape index (κ2) is 4.27. The predicted molar refractivity (Wildman–Crippen MR) is 39.3 cm³/mol. The first kappa shape index (κ1) is 10.8. The minimum atomic E-state index is -4.31. The van der Waals surface area contributed by atoms with Gasteiger partial charge >= 0.3 is 12.2 Å². The summed E-state index contributed by atoms with van der Waals surface area (Å²) in [6, 6.07) is -0.115. The molecule has 14 heavy (non-hydrogen) atoms. The highest BCUT2D eigenvalue weighted by molar-refractivity contribution is 5.04. The van der Waals surface area contributed by atoms with Crippen LogP contribution in [0.2, 0.25) is 0 Å². The van der Waals surface area contributed by atoms with Gasteiger partial charge in [-0.15, -0.1) is 5.10 Å². The standard InChI is InChI=1S/C6H8F3N3O2/c7-6(8,9)3-13-2-1-4-11-12-5(10)14-4/h1-3H2,(H2,10,12). The summed E-state index contributed by atoms with van der Waals surface area (Å²) >= 11 is 0. The van der Waals surface area contributed by atoms with Gasteiger partial charge in [0.15, 0.2) is 0 Å². The largest absolute Gasteiger partial charge is 0.411 e. The molecule has 1 rings (SSSR count). The Morgan fingerprint density at radius 1 is 1.36 bits per heavy atom. The Bertz CT molecular complexity index is 286. The number of hydrogen-bond acceptors (Lipinski definition) is 5. The Labute approximate surface area is 77.0 Å². The Balaban J connectivity index is 2.16. The third-order valence-corrected chi connectivity index (χ3v) is 1.21. The van der Waals surface area contributed by atoms with Crippen molar-refractivity contribution in [3.63, 3.8) is 0 Å². The number of ether oxygens (including phenoxy) is 1. The summed E-state index contributed by atoms with van der Waals surface area (Å²) in [6.45, 7) is -1.42. The van der Waals surface area contributed by atoms with Crippen LogP contribution >= 0.6 is 0 Å². The Kier molecular flexibility index (Phi) is 3.28. The maximum Gasteiger partial charge on any atom is 0.411 e. The number of aromatic nitrogens is 2. The maximum absolute atomic E-state index is 11.6. The number of anilines is 1. The van der Waals surface area contributed by atoms with Gasteiger partial charge in [0.25, 0.3) is 0 Å². The first-order valence-electron chi connectivity index (χ1n) is 3.70. The highest BCUT2D eigenvalue weighted by Gasteiger charge is 2.27. The average molecular weight is 211 g/mol. The fourth-order valence-electron chi connectivity index (χ4n) is 0.715. The van der Waals surface area contributed by atoms with E-state index in [9.17, 15) is 13.2 Å². The van der Waals surface area contributed by atoms with E-state index in [0.29, 0.717) is 0 Å². The van der Waals surface area contributed by atoms with Crippen LogP contribution in [-0.4, -0.2) is 29.6 Å². The quantitative estimate of drug-likeness (QED) is 0.744. The molecule has 0 fully saturated rings. The summed E-state index contributed by atoms with van der Waals surface area (Å²) in [6.07, 6.45) is -4.20. The molecule has 0 radical (unpaired) electrons. The molecule has 2 N–H and O–H groups in total. The molecule has 1 aromatic heterocycles. The molecule has 0 unspecified atom stereocenters. The van der Waals surface area contributed by atoms with E-state index in [1.807, 2.05) is 0 Å². The molecule has 0 aliphatic heterocycles. The van der Waals surface area contributed by atoms with Gasteiger partial charge in [-0.3, -0.25) is 0 Å². The van der Waals surface area contributed by atoms with Crippen LogP contribution in [0, 0.1) is 0 Å². The lowest BCUT2D eigenvalue weighted by atomic mass is 10.4. The molecule has 0 amide bonds. The fraction of sp³-hybridized carbons (Fsp3) is 0.667. The number of alkyl halides is 3. The van der Waals surface area contributed by atoms with E-state index >= 15 is 0 Å². The number of rotatable bonds is 4. The van der Waals surface area contributed by atoms with Crippen LogP contribution in [0.5, 0.6) is 0 Å². The van der Waals surface area contributed by atoms with Crippen LogP contribution in [0.1, 0.15) is 5.89 Å². The average Bonchev–Trinajstić information content (AvgIpc) is 2.44. The molecule has 80 valence electrons. The van der Waals surface area contributed by atoms with Crippen LogP contribution in [0.15, 0.2) is 4.42 Å². The van der Waals surface area contributed by atoms with Crippen molar-refractivity contribution in [3.8, 4) is 0 Å². The van der Waals surface area contributed by atoms with Crippen molar-refractivity contribution in [3.05, 3.63) is 5.89 Å². The lowest BCUT2D eigenvalue weighted by Crippen LogP contribution is -2.18. The fourth-order valence-corrected chi connectivity index (χ4v) is 0.715. The van der Waals surface area contributed by atoms with Gasteiger partial charge in [-0.05, 0) is 0 Å². The summed E-state index contributed by atoms with van der Waals surface area (Å²) < 4.78 is 43.8. The molecule has 0 spiro atoms. The molecule has 1 aromatic rings. The summed E-state index contributed by atoms with van der Waals surface area (Å²) in [7, 11) is 0. The van der Waals surface area contributed by atoms with Crippen LogP contribution in [0.25, 0.3) is 0 Å². The van der Waals surface area contributed by atoms with Gasteiger partial charge in [0.2, 0.25) is 5.89 Å². The lowest BCUT2D eigenvalue weighted by Gasteiger charge is -2.05. The van der Waals surface area contributed by atoms with E-state index in [0.717, 1.165) is 0 Å². The summed E-state index contributed by atoms with van der Waals surface area (Å²) in [5.74, 6) is 0.157. The topological polar surface area (TPSA) is 74.2 Å². The molecule has 0 aliphatic rings. The lowest BCUT2D eigenvalue weighted by molar-refractivity contribution is -0.173. The molecule has 5 nitrogen and oxygen atoms in total. The number of nitrogen functional groups attached to an aromatic ring is 1. The summed E-state index contributed by atoms with van der Waals surface area (Å²) in [4.78, 5) is 0.